The Labute approximate surface area is 247 Å². The lowest BCUT2D eigenvalue weighted by atomic mass is 9.69. The summed E-state index contributed by atoms with van der Waals surface area (Å²) in [7, 11) is 0. The molecule has 2 saturated carbocycles. The van der Waals surface area contributed by atoms with Gasteiger partial charge in [-0.3, -0.25) is 0 Å². The van der Waals surface area contributed by atoms with Crippen molar-refractivity contribution in [2.24, 2.45) is 0 Å². The predicted molar refractivity (Wildman–Crippen MR) is 155 cm³/mol. The average Bonchev–Trinajstić information content (AvgIpc) is 3.64. The first-order chi connectivity index (χ1) is 20.0. The van der Waals surface area contributed by atoms with E-state index in [2.05, 4.69) is 24.0 Å². The summed E-state index contributed by atoms with van der Waals surface area (Å²) >= 11 is 0. The van der Waals surface area contributed by atoms with Crippen molar-refractivity contribution in [3.05, 3.63) is 70.8 Å². The molecular weight excluding hydrogens is 550 g/mol. The molecule has 232 valence electrons. The van der Waals surface area contributed by atoms with Gasteiger partial charge in [0.15, 0.2) is 0 Å². The fourth-order valence-electron chi connectivity index (χ4n) is 7.18. The van der Waals surface area contributed by atoms with Crippen molar-refractivity contribution in [2.75, 3.05) is 19.6 Å². The first-order valence-corrected chi connectivity index (χ1v) is 15.3. The molecule has 0 unspecified atom stereocenters. The highest BCUT2D eigenvalue weighted by Gasteiger charge is 2.60. The summed E-state index contributed by atoms with van der Waals surface area (Å²) in [4.78, 5) is 2.29. The first kappa shape index (κ1) is 34.0. The summed E-state index contributed by atoms with van der Waals surface area (Å²) in [6.45, 7) is 5.82. The number of benzene rings is 2. The first-order valence-electron chi connectivity index (χ1n) is 15.3. The number of nitriles is 1. The van der Waals surface area contributed by atoms with E-state index in [9.17, 15) is 26.3 Å². The highest BCUT2D eigenvalue weighted by molar-refractivity contribution is 5.47. The van der Waals surface area contributed by atoms with Gasteiger partial charge in [-0.05, 0) is 86.7 Å². The lowest BCUT2D eigenvalue weighted by Crippen LogP contribution is -2.44. The Bertz CT molecular complexity index is 1090. The van der Waals surface area contributed by atoms with Gasteiger partial charge in [-0.1, -0.05) is 81.1 Å². The zero-order valence-corrected chi connectivity index (χ0v) is 24.9. The van der Waals surface area contributed by atoms with Gasteiger partial charge in [-0.25, -0.2) is 0 Å². The maximum atomic E-state index is 14.7. The van der Waals surface area contributed by atoms with Crippen LogP contribution in [-0.2, 0) is 23.7 Å². The molecule has 0 atom stereocenters. The molecule has 2 aliphatic carbocycles. The molecule has 2 fully saturated rings. The molecule has 42 heavy (non-hydrogen) atoms. The molecule has 2 nitrogen and oxygen atoms in total. The summed E-state index contributed by atoms with van der Waals surface area (Å²) in [6.07, 6.45) is -4.88. The van der Waals surface area contributed by atoms with Gasteiger partial charge in [0.2, 0.25) is 0 Å². The molecule has 2 aromatic carbocycles. The topological polar surface area (TPSA) is 27.0 Å². The molecule has 0 bridgehead atoms. The highest BCUT2D eigenvalue weighted by Crippen LogP contribution is 2.57. The van der Waals surface area contributed by atoms with Crippen LogP contribution in [0.1, 0.15) is 100 Å². The molecule has 2 aliphatic rings. The Morgan fingerprint density at radius 1 is 0.714 bits per heavy atom. The SMILES string of the molecule is CC#N.CCCN(CCCc1c(C2(C(F)(F)F)CCCC2)cccc1C1(C(F)(F)F)CCCC1)CCc1ccccc1. The van der Waals surface area contributed by atoms with Crippen LogP contribution in [0, 0.1) is 11.3 Å². The number of alkyl halides is 6. The van der Waals surface area contributed by atoms with Crippen LogP contribution in [0.4, 0.5) is 26.3 Å². The van der Waals surface area contributed by atoms with Crippen molar-refractivity contribution < 1.29 is 26.3 Å². The van der Waals surface area contributed by atoms with E-state index in [1.54, 1.807) is 6.07 Å². The number of halogens is 6. The second kappa shape index (κ2) is 14.8. The van der Waals surface area contributed by atoms with E-state index < -0.39 is 23.2 Å². The highest BCUT2D eigenvalue weighted by atomic mass is 19.4. The molecule has 0 heterocycles. The van der Waals surface area contributed by atoms with E-state index >= 15 is 0 Å². The maximum Gasteiger partial charge on any atom is 0.398 e. The van der Waals surface area contributed by atoms with E-state index in [-0.39, 0.29) is 43.2 Å². The monoisotopic (exact) mass is 594 g/mol. The molecule has 0 N–H and O–H groups in total. The van der Waals surface area contributed by atoms with E-state index in [0.29, 0.717) is 44.2 Å². The minimum atomic E-state index is -4.50. The quantitative estimate of drug-likeness (QED) is 0.242. The third-order valence-electron chi connectivity index (χ3n) is 9.21. The zero-order valence-electron chi connectivity index (χ0n) is 24.9. The predicted octanol–water partition coefficient (Wildman–Crippen LogP) is 9.85. The van der Waals surface area contributed by atoms with Crippen LogP contribution in [0.2, 0.25) is 0 Å². The molecule has 0 radical (unpaired) electrons. The van der Waals surface area contributed by atoms with Gasteiger partial charge in [0.05, 0.1) is 16.9 Å². The molecule has 4 rings (SSSR count). The molecule has 2 aromatic rings. The third kappa shape index (κ3) is 7.51. The van der Waals surface area contributed by atoms with Crippen molar-refractivity contribution >= 4 is 0 Å². The van der Waals surface area contributed by atoms with Crippen molar-refractivity contribution in [1.82, 2.24) is 4.90 Å². The Hall–Kier alpha value is -2.53. The lowest BCUT2D eigenvalue weighted by molar-refractivity contribution is -0.191. The summed E-state index contributed by atoms with van der Waals surface area (Å²) < 4.78 is 88.2. The van der Waals surface area contributed by atoms with Crippen molar-refractivity contribution in [1.29, 1.82) is 5.26 Å². The van der Waals surface area contributed by atoms with Gasteiger partial charge in [0.1, 0.15) is 0 Å². The standard InChI is InChI=1S/C32H41F6N.C2H3N/c1-2-22-39(24-17-25-12-4-3-5-13-25)23-11-14-26-27(29(31(33,34)35)18-6-7-19-29)15-10-16-28(26)30(32(36,37)38)20-8-9-21-30;1-2-3/h3-5,10,12-13,15-16H,2,6-9,11,14,17-24H2,1H3;1H3. The minimum Gasteiger partial charge on any atom is -0.303 e. The number of rotatable bonds is 11. The van der Waals surface area contributed by atoms with Gasteiger partial charge >= 0.3 is 12.4 Å². The fourth-order valence-corrected chi connectivity index (χ4v) is 7.18. The molecule has 0 saturated heterocycles. The van der Waals surface area contributed by atoms with Crippen LogP contribution in [0.15, 0.2) is 48.5 Å². The van der Waals surface area contributed by atoms with Crippen molar-refractivity contribution in [2.45, 2.75) is 114 Å². The molecule has 0 aliphatic heterocycles. The average molecular weight is 595 g/mol. The number of hydrogen-bond donors (Lipinski definition) is 0. The van der Waals surface area contributed by atoms with E-state index in [4.69, 9.17) is 5.26 Å². The van der Waals surface area contributed by atoms with Crippen molar-refractivity contribution in [3.8, 4) is 6.07 Å². The van der Waals surface area contributed by atoms with Crippen LogP contribution in [0.25, 0.3) is 0 Å². The Morgan fingerprint density at radius 3 is 1.62 bits per heavy atom. The van der Waals surface area contributed by atoms with Gasteiger partial charge in [-0.15, -0.1) is 0 Å². The summed E-state index contributed by atoms with van der Waals surface area (Å²) in [5.41, 5.74) is -2.37. The molecular formula is C34H44F6N2. The van der Waals surface area contributed by atoms with E-state index in [1.165, 1.54) is 30.7 Å². The van der Waals surface area contributed by atoms with Crippen molar-refractivity contribution in [3.63, 3.8) is 0 Å². The summed E-state index contributed by atoms with van der Waals surface area (Å²) in [5, 5.41) is 7.32. The number of nitrogens with zero attached hydrogens (tertiary/aromatic N) is 2. The normalized spacial score (nSPS) is 18.0. The van der Waals surface area contributed by atoms with Gasteiger partial charge in [0, 0.05) is 13.5 Å². The van der Waals surface area contributed by atoms with Gasteiger partial charge in [-0.2, -0.15) is 31.6 Å². The second-order valence-electron chi connectivity index (χ2n) is 11.8. The molecule has 0 spiro atoms. The van der Waals surface area contributed by atoms with Crippen LogP contribution in [0.5, 0.6) is 0 Å². The minimum absolute atomic E-state index is 0.0506. The summed E-state index contributed by atoms with van der Waals surface area (Å²) in [6, 6.07) is 16.3. The Kier molecular flexibility index (Phi) is 11.9. The molecule has 8 heteroatoms. The zero-order chi connectivity index (χ0) is 30.9. The van der Waals surface area contributed by atoms with Crippen LogP contribution in [0.3, 0.4) is 0 Å². The second-order valence-corrected chi connectivity index (χ2v) is 11.8. The van der Waals surface area contributed by atoms with Crippen LogP contribution in [-0.4, -0.2) is 36.9 Å². The third-order valence-corrected chi connectivity index (χ3v) is 9.21. The molecule has 0 aromatic heterocycles. The molecule has 0 amide bonds. The maximum absolute atomic E-state index is 14.7. The Balaban J connectivity index is 0.00000155. The van der Waals surface area contributed by atoms with Gasteiger partial charge < -0.3 is 4.90 Å². The van der Waals surface area contributed by atoms with Gasteiger partial charge in [0.25, 0.3) is 0 Å². The fraction of sp³-hybridized carbons (Fsp3) is 0.618. The van der Waals surface area contributed by atoms with E-state index in [1.807, 2.05) is 18.2 Å². The van der Waals surface area contributed by atoms with E-state index in [0.717, 1.165) is 25.9 Å². The Morgan fingerprint density at radius 2 is 1.19 bits per heavy atom. The summed E-state index contributed by atoms with van der Waals surface area (Å²) in [5.74, 6) is 0. The number of hydrogen-bond acceptors (Lipinski definition) is 2. The lowest BCUT2D eigenvalue weighted by Gasteiger charge is -2.39. The smallest absolute Gasteiger partial charge is 0.303 e. The largest absolute Gasteiger partial charge is 0.398 e. The van der Waals surface area contributed by atoms with Crippen LogP contribution >= 0.6 is 0 Å². The van der Waals surface area contributed by atoms with Crippen LogP contribution < -0.4 is 0 Å².